The van der Waals surface area contributed by atoms with Gasteiger partial charge < -0.3 is 14.6 Å². The van der Waals surface area contributed by atoms with Crippen molar-refractivity contribution in [2.45, 2.75) is 12.5 Å². The van der Waals surface area contributed by atoms with Gasteiger partial charge >= 0.3 is 12.1 Å². The quantitative estimate of drug-likeness (QED) is 0.333. The first-order valence-corrected chi connectivity index (χ1v) is 11.3. The molecule has 174 valence electrons. The summed E-state index contributed by atoms with van der Waals surface area (Å²) in [7, 11) is 0. The lowest BCUT2D eigenvalue weighted by atomic mass is 9.98. The normalized spacial score (nSPS) is 11.9. The minimum absolute atomic E-state index is 0.0589. The van der Waals surface area contributed by atoms with Gasteiger partial charge in [0.25, 0.3) is 0 Å². The van der Waals surface area contributed by atoms with Crippen molar-refractivity contribution in [1.29, 1.82) is 0 Å². The zero-order chi connectivity index (χ0) is 24.2. The number of anilines is 1. The monoisotopic (exact) mass is 465 g/mol. The van der Waals surface area contributed by atoms with Crippen molar-refractivity contribution in [3.63, 3.8) is 0 Å². The number of hydrogen-bond donors (Lipinski definition) is 2. The Morgan fingerprint density at radius 3 is 2.09 bits per heavy atom. The average molecular weight is 466 g/mol. The van der Waals surface area contributed by atoms with Crippen LogP contribution in [0.3, 0.4) is 0 Å². The first-order chi connectivity index (χ1) is 17.1. The molecule has 35 heavy (non-hydrogen) atoms. The van der Waals surface area contributed by atoms with E-state index in [0.29, 0.717) is 5.69 Å². The molecule has 0 aromatic heterocycles. The van der Waals surface area contributed by atoms with E-state index >= 15 is 0 Å². The molecule has 0 radical (unpaired) electrons. The average Bonchev–Trinajstić information content (AvgIpc) is 3.21. The summed E-state index contributed by atoms with van der Waals surface area (Å²) in [6, 6.07) is 30.0. The van der Waals surface area contributed by atoms with Crippen LogP contribution in [0.4, 0.5) is 10.5 Å². The van der Waals surface area contributed by atoms with Gasteiger partial charge in [0.2, 0.25) is 0 Å². The predicted molar refractivity (Wildman–Crippen MR) is 133 cm³/mol. The van der Waals surface area contributed by atoms with Crippen molar-refractivity contribution in [2.24, 2.45) is 0 Å². The third kappa shape index (κ3) is 4.73. The van der Waals surface area contributed by atoms with E-state index in [9.17, 15) is 14.7 Å². The van der Waals surface area contributed by atoms with E-state index in [1.54, 1.807) is 0 Å². The Balaban J connectivity index is 1.30. The molecule has 0 fully saturated rings. The molecule has 0 bridgehead atoms. The fraction of sp³-hybridized carbons (Fsp3) is 0.103. The number of nitrogens with one attached hydrogen (secondary N) is 1. The van der Waals surface area contributed by atoms with Gasteiger partial charge in [-0.2, -0.15) is 0 Å². The molecule has 0 saturated carbocycles. The van der Waals surface area contributed by atoms with Gasteiger partial charge in [0.1, 0.15) is 19.0 Å². The van der Waals surface area contributed by atoms with Gasteiger partial charge in [-0.25, -0.2) is 9.59 Å². The molecule has 5 rings (SSSR count). The van der Waals surface area contributed by atoms with Gasteiger partial charge in [-0.05, 0) is 46.0 Å². The van der Waals surface area contributed by atoms with Crippen LogP contribution < -0.4 is 10.1 Å². The Kier molecular flexibility index (Phi) is 6.18. The summed E-state index contributed by atoms with van der Waals surface area (Å²) >= 11 is 0. The van der Waals surface area contributed by atoms with Crippen LogP contribution in [0.15, 0.2) is 97.1 Å². The molecular weight excluding hydrogens is 442 g/mol. The van der Waals surface area contributed by atoms with E-state index in [0.717, 1.165) is 27.8 Å². The number of amides is 1. The molecule has 1 aliphatic carbocycles. The molecular formula is C29H23NO5. The smallest absolute Gasteiger partial charge is 0.411 e. The van der Waals surface area contributed by atoms with Gasteiger partial charge in [-0.15, -0.1) is 0 Å². The molecule has 1 amide bonds. The number of hydrogen-bond acceptors (Lipinski definition) is 4. The summed E-state index contributed by atoms with van der Waals surface area (Å²) in [5.41, 5.74) is 5.86. The number of carboxylic acid groups (broad SMARTS) is 1. The molecule has 1 aliphatic rings. The van der Waals surface area contributed by atoms with Crippen LogP contribution >= 0.6 is 0 Å². The Bertz CT molecular complexity index is 1340. The highest BCUT2D eigenvalue weighted by Crippen LogP contribution is 2.44. The van der Waals surface area contributed by atoms with Gasteiger partial charge in [0, 0.05) is 5.92 Å². The number of carboxylic acids is 1. The molecule has 2 N–H and O–H groups in total. The van der Waals surface area contributed by atoms with E-state index in [1.165, 1.54) is 18.2 Å². The topological polar surface area (TPSA) is 84.9 Å². The summed E-state index contributed by atoms with van der Waals surface area (Å²) in [6.07, 6.45) is -0.639. The first-order valence-electron chi connectivity index (χ1n) is 11.3. The van der Waals surface area contributed by atoms with E-state index < -0.39 is 12.1 Å². The number of fused-ring (bicyclic) bond motifs is 3. The van der Waals surface area contributed by atoms with Crippen LogP contribution in [0, 0.1) is 0 Å². The molecule has 4 aromatic rings. The van der Waals surface area contributed by atoms with Crippen molar-refractivity contribution >= 4 is 17.7 Å². The Morgan fingerprint density at radius 2 is 1.43 bits per heavy atom. The number of rotatable bonds is 7. The van der Waals surface area contributed by atoms with Crippen molar-refractivity contribution in [2.75, 3.05) is 11.9 Å². The third-order valence-corrected chi connectivity index (χ3v) is 6.05. The fourth-order valence-electron chi connectivity index (χ4n) is 4.36. The highest BCUT2D eigenvalue weighted by molar-refractivity contribution is 5.92. The van der Waals surface area contributed by atoms with Gasteiger partial charge in [0.05, 0.1) is 11.3 Å². The Morgan fingerprint density at radius 1 is 0.800 bits per heavy atom. The molecule has 0 atom stereocenters. The van der Waals surface area contributed by atoms with Crippen molar-refractivity contribution in [1.82, 2.24) is 0 Å². The van der Waals surface area contributed by atoms with Crippen molar-refractivity contribution in [3.8, 4) is 16.9 Å². The van der Waals surface area contributed by atoms with Crippen LogP contribution in [-0.2, 0) is 11.3 Å². The summed E-state index contributed by atoms with van der Waals surface area (Å²) in [5.74, 6) is -0.888. The van der Waals surface area contributed by atoms with E-state index in [1.807, 2.05) is 54.6 Å². The SMILES string of the molecule is O=C(Nc1ccc(C(=O)O)cc1OCc1ccccc1)OCC1c2ccccc2-c2ccccc21. The number of carbonyl (C=O) groups is 2. The second-order valence-corrected chi connectivity index (χ2v) is 8.24. The molecule has 6 heteroatoms. The number of ether oxygens (including phenoxy) is 2. The molecule has 4 aromatic carbocycles. The predicted octanol–water partition coefficient (Wildman–Crippen LogP) is 6.32. The van der Waals surface area contributed by atoms with E-state index in [4.69, 9.17) is 9.47 Å². The molecule has 0 heterocycles. The highest BCUT2D eigenvalue weighted by atomic mass is 16.5. The second-order valence-electron chi connectivity index (χ2n) is 8.24. The van der Waals surface area contributed by atoms with Crippen LogP contribution in [0.25, 0.3) is 11.1 Å². The first kappa shape index (κ1) is 22.2. The molecule has 0 saturated heterocycles. The highest BCUT2D eigenvalue weighted by Gasteiger charge is 2.29. The standard InChI is InChI=1S/C29H23NO5/c31-28(32)20-14-15-26(27(16-20)34-17-19-8-2-1-3-9-19)30-29(33)35-18-25-23-12-6-4-10-21(23)22-11-5-7-13-24(22)25/h1-16,25H,17-18H2,(H,30,33)(H,31,32). The minimum atomic E-state index is -1.08. The molecule has 0 unspecified atom stereocenters. The maximum Gasteiger partial charge on any atom is 0.411 e. The molecule has 0 aliphatic heterocycles. The molecule has 6 nitrogen and oxygen atoms in total. The zero-order valence-corrected chi connectivity index (χ0v) is 18.8. The lowest BCUT2D eigenvalue weighted by molar-refractivity contribution is 0.0696. The van der Waals surface area contributed by atoms with Gasteiger partial charge in [-0.3, -0.25) is 5.32 Å². The lowest BCUT2D eigenvalue weighted by Gasteiger charge is -2.16. The third-order valence-electron chi connectivity index (χ3n) is 6.05. The maximum absolute atomic E-state index is 12.7. The second kappa shape index (κ2) is 9.73. The van der Waals surface area contributed by atoms with Crippen LogP contribution in [0.5, 0.6) is 5.75 Å². The zero-order valence-electron chi connectivity index (χ0n) is 18.8. The summed E-state index contributed by atoms with van der Waals surface area (Å²) in [6.45, 7) is 0.399. The van der Waals surface area contributed by atoms with Crippen molar-refractivity contribution < 1.29 is 24.2 Å². The largest absolute Gasteiger partial charge is 0.487 e. The molecule has 0 spiro atoms. The van der Waals surface area contributed by atoms with Crippen LogP contribution in [-0.4, -0.2) is 23.8 Å². The van der Waals surface area contributed by atoms with Crippen LogP contribution in [0.1, 0.15) is 33.0 Å². The van der Waals surface area contributed by atoms with E-state index in [-0.39, 0.29) is 30.4 Å². The Labute approximate surface area is 202 Å². The fourth-order valence-corrected chi connectivity index (χ4v) is 4.36. The number of carbonyl (C=O) groups excluding carboxylic acids is 1. The maximum atomic E-state index is 12.7. The van der Waals surface area contributed by atoms with Gasteiger partial charge in [-0.1, -0.05) is 78.9 Å². The van der Waals surface area contributed by atoms with Crippen LogP contribution in [0.2, 0.25) is 0 Å². The van der Waals surface area contributed by atoms with Gasteiger partial charge in [0.15, 0.2) is 0 Å². The minimum Gasteiger partial charge on any atom is -0.487 e. The summed E-state index contributed by atoms with van der Waals surface area (Å²) in [5, 5.41) is 12.1. The summed E-state index contributed by atoms with van der Waals surface area (Å²) in [4.78, 5) is 24.2. The summed E-state index contributed by atoms with van der Waals surface area (Å²) < 4.78 is 11.5. The number of benzene rings is 4. The number of aromatic carboxylic acids is 1. The lowest BCUT2D eigenvalue weighted by Crippen LogP contribution is -2.18. The van der Waals surface area contributed by atoms with E-state index in [2.05, 4.69) is 29.6 Å². The van der Waals surface area contributed by atoms with Crippen molar-refractivity contribution in [3.05, 3.63) is 119 Å². The Hall–Kier alpha value is -4.58.